The van der Waals surface area contributed by atoms with Crippen LogP contribution < -0.4 is 5.56 Å². The molecule has 0 saturated carbocycles. The van der Waals surface area contributed by atoms with Crippen molar-refractivity contribution in [2.24, 2.45) is 7.05 Å². The van der Waals surface area contributed by atoms with Crippen LogP contribution in [0.25, 0.3) is 0 Å². The van der Waals surface area contributed by atoms with Crippen molar-refractivity contribution in [3.63, 3.8) is 0 Å². The second kappa shape index (κ2) is 5.05. The Balaban J connectivity index is 1.60. The lowest BCUT2D eigenvalue weighted by molar-refractivity contribution is 0.0736. The molecular weight excluding hydrogens is 298 g/mol. The van der Waals surface area contributed by atoms with Gasteiger partial charge < -0.3 is 9.47 Å². The minimum absolute atomic E-state index is 0.00667. The van der Waals surface area contributed by atoms with E-state index >= 15 is 0 Å². The summed E-state index contributed by atoms with van der Waals surface area (Å²) in [6.45, 7) is 1.03. The van der Waals surface area contributed by atoms with Crippen LogP contribution in [0.3, 0.4) is 0 Å². The molecule has 114 valence electrons. The van der Waals surface area contributed by atoms with E-state index in [0.717, 1.165) is 29.0 Å². The molecule has 0 atom stereocenters. The van der Waals surface area contributed by atoms with Crippen molar-refractivity contribution in [3.8, 4) is 0 Å². The average Bonchev–Trinajstić information content (AvgIpc) is 3.11. The lowest BCUT2D eigenvalue weighted by atomic mass is 10.1. The van der Waals surface area contributed by atoms with Gasteiger partial charge in [0.05, 0.1) is 23.4 Å². The highest BCUT2D eigenvalue weighted by Gasteiger charge is 2.27. The topological polar surface area (TPSA) is 55.2 Å². The highest BCUT2D eigenvalue weighted by Crippen LogP contribution is 2.31. The van der Waals surface area contributed by atoms with Crippen molar-refractivity contribution in [2.45, 2.75) is 32.2 Å². The summed E-state index contributed by atoms with van der Waals surface area (Å²) < 4.78 is 1.50. The third kappa shape index (κ3) is 2.09. The first-order valence-electron chi connectivity index (χ1n) is 7.57. The van der Waals surface area contributed by atoms with E-state index in [9.17, 15) is 9.59 Å². The molecule has 1 amide bonds. The first kappa shape index (κ1) is 13.7. The van der Waals surface area contributed by atoms with Gasteiger partial charge in [-0.15, -0.1) is 11.3 Å². The number of aryl methyl sites for hydroxylation is 3. The Morgan fingerprint density at radius 3 is 3.00 bits per heavy atom. The molecule has 0 unspecified atom stereocenters. The van der Waals surface area contributed by atoms with Crippen molar-refractivity contribution in [2.75, 3.05) is 6.54 Å². The van der Waals surface area contributed by atoms with Gasteiger partial charge in [0, 0.05) is 24.0 Å². The predicted molar refractivity (Wildman–Crippen MR) is 84.3 cm³/mol. The van der Waals surface area contributed by atoms with Gasteiger partial charge in [-0.1, -0.05) is 0 Å². The fraction of sp³-hybridized carbons (Fsp3) is 0.438. The summed E-state index contributed by atoms with van der Waals surface area (Å²) in [7, 11) is 1.71. The number of thiophene rings is 1. The van der Waals surface area contributed by atoms with Crippen LogP contribution in [0.4, 0.5) is 0 Å². The molecule has 0 aromatic carbocycles. The number of carbonyl (C=O) groups excluding carboxylic acids is 1. The van der Waals surface area contributed by atoms with E-state index in [1.165, 1.54) is 27.8 Å². The van der Waals surface area contributed by atoms with E-state index in [1.807, 2.05) is 4.90 Å². The molecule has 1 aliphatic carbocycles. The minimum atomic E-state index is 0.00667. The quantitative estimate of drug-likeness (QED) is 0.802. The summed E-state index contributed by atoms with van der Waals surface area (Å²) in [5.74, 6) is 0.0764. The standard InChI is InChI=1S/C16H17N3O2S/c1-18-9-17-12-8-19(6-5-11(12)15(18)20)16(21)14-7-10-3-2-4-13(10)22-14/h7,9H,2-6,8H2,1H3. The smallest absolute Gasteiger partial charge is 0.264 e. The van der Waals surface area contributed by atoms with Crippen LogP contribution >= 0.6 is 11.3 Å². The van der Waals surface area contributed by atoms with Gasteiger partial charge in [0.2, 0.25) is 0 Å². The number of hydrogen-bond donors (Lipinski definition) is 0. The SMILES string of the molecule is Cn1cnc2c(c1=O)CCN(C(=O)c1cc3c(s1)CCC3)C2. The molecule has 0 N–H and O–H groups in total. The summed E-state index contributed by atoms with van der Waals surface area (Å²) in [4.78, 5) is 33.1. The Hall–Kier alpha value is -1.95. The number of rotatable bonds is 1. The highest BCUT2D eigenvalue weighted by atomic mass is 32.1. The predicted octanol–water partition coefficient (Wildman–Crippen LogP) is 1.53. The van der Waals surface area contributed by atoms with Gasteiger partial charge in [0.25, 0.3) is 11.5 Å². The van der Waals surface area contributed by atoms with Gasteiger partial charge >= 0.3 is 0 Å². The molecule has 0 spiro atoms. The Bertz CT molecular complexity index is 800. The molecule has 6 heteroatoms. The maximum Gasteiger partial charge on any atom is 0.264 e. The zero-order valence-electron chi connectivity index (χ0n) is 12.5. The Morgan fingerprint density at radius 2 is 2.18 bits per heavy atom. The molecular formula is C16H17N3O2S. The van der Waals surface area contributed by atoms with E-state index < -0.39 is 0 Å². The third-order valence-electron chi connectivity index (χ3n) is 4.53. The summed E-state index contributed by atoms with van der Waals surface area (Å²) >= 11 is 1.63. The van der Waals surface area contributed by atoms with Crippen molar-refractivity contribution in [3.05, 3.63) is 49.3 Å². The summed E-state index contributed by atoms with van der Waals surface area (Å²) in [6, 6.07) is 2.06. The Morgan fingerprint density at radius 1 is 1.32 bits per heavy atom. The third-order valence-corrected chi connectivity index (χ3v) is 5.76. The lowest BCUT2D eigenvalue weighted by Crippen LogP contribution is -2.39. The molecule has 4 rings (SSSR count). The largest absolute Gasteiger partial charge is 0.332 e. The van der Waals surface area contributed by atoms with Gasteiger partial charge in [0.1, 0.15) is 0 Å². The van der Waals surface area contributed by atoms with E-state index in [0.29, 0.717) is 19.5 Å². The zero-order chi connectivity index (χ0) is 15.3. The molecule has 3 heterocycles. The van der Waals surface area contributed by atoms with Crippen LogP contribution in [0, 0.1) is 0 Å². The molecule has 22 heavy (non-hydrogen) atoms. The van der Waals surface area contributed by atoms with Crippen LogP contribution in [-0.2, 0) is 32.9 Å². The second-order valence-electron chi connectivity index (χ2n) is 5.98. The normalized spacial score (nSPS) is 16.5. The van der Waals surface area contributed by atoms with Crippen molar-refractivity contribution >= 4 is 17.2 Å². The number of fused-ring (bicyclic) bond motifs is 2. The number of amides is 1. The zero-order valence-corrected chi connectivity index (χ0v) is 13.3. The van der Waals surface area contributed by atoms with E-state index in [-0.39, 0.29) is 11.5 Å². The average molecular weight is 315 g/mol. The number of aromatic nitrogens is 2. The van der Waals surface area contributed by atoms with Gasteiger partial charge in [-0.05, 0) is 37.3 Å². The first-order valence-corrected chi connectivity index (χ1v) is 8.39. The van der Waals surface area contributed by atoms with Gasteiger partial charge in [-0.2, -0.15) is 0 Å². The fourth-order valence-corrected chi connectivity index (χ4v) is 4.50. The van der Waals surface area contributed by atoms with Crippen LogP contribution in [0.5, 0.6) is 0 Å². The monoisotopic (exact) mass is 315 g/mol. The number of hydrogen-bond acceptors (Lipinski definition) is 4. The summed E-state index contributed by atoms with van der Waals surface area (Å²) in [5.41, 5.74) is 2.85. The van der Waals surface area contributed by atoms with E-state index in [4.69, 9.17) is 0 Å². The number of nitrogens with zero attached hydrogens (tertiary/aromatic N) is 3. The van der Waals surface area contributed by atoms with Gasteiger partial charge in [-0.25, -0.2) is 4.98 Å². The van der Waals surface area contributed by atoms with Crippen molar-refractivity contribution in [1.82, 2.24) is 14.5 Å². The van der Waals surface area contributed by atoms with Crippen LogP contribution in [-0.4, -0.2) is 26.9 Å². The molecule has 2 aromatic rings. The second-order valence-corrected chi connectivity index (χ2v) is 7.11. The van der Waals surface area contributed by atoms with E-state index in [2.05, 4.69) is 11.1 Å². The molecule has 0 radical (unpaired) electrons. The molecule has 0 fully saturated rings. The molecule has 5 nitrogen and oxygen atoms in total. The maximum atomic E-state index is 12.7. The molecule has 1 aliphatic heterocycles. The maximum absolute atomic E-state index is 12.7. The van der Waals surface area contributed by atoms with Crippen LogP contribution in [0.2, 0.25) is 0 Å². The highest BCUT2D eigenvalue weighted by molar-refractivity contribution is 7.14. The van der Waals surface area contributed by atoms with Crippen LogP contribution in [0.15, 0.2) is 17.2 Å². The van der Waals surface area contributed by atoms with Gasteiger partial charge in [-0.3, -0.25) is 9.59 Å². The molecule has 2 aromatic heterocycles. The van der Waals surface area contributed by atoms with Crippen LogP contribution in [0.1, 0.15) is 37.8 Å². The lowest BCUT2D eigenvalue weighted by Gasteiger charge is -2.27. The minimum Gasteiger partial charge on any atom is -0.332 e. The fourth-order valence-electron chi connectivity index (χ4n) is 3.28. The summed E-state index contributed by atoms with van der Waals surface area (Å²) in [6.07, 6.45) is 5.54. The Kier molecular flexibility index (Phi) is 3.14. The number of carbonyl (C=O) groups is 1. The summed E-state index contributed by atoms with van der Waals surface area (Å²) in [5, 5.41) is 0. The van der Waals surface area contributed by atoms with Crippen molar-refractivity contribution < 1.29 is 4.79 Å². The van der Waals surface area contributed by atoms with E-state index in [1.54, 1.807) is 18.4 Å². The molecule has 0 bridgehead atoms. The first-order chi connectivity index (χ1) is 10.6. The molecule has 2 aliphatic rings. The van der Waals surface area contributed by atoms with Gasteiger partial charge in [0.15, 0.2) is 0 Å². The Labute approximate surface area is 132 Å². The molecule has 0 saturated heterocycles. The van der Waals surface area contributed by atoms with Crippen molar-refractivity contribution in [1.29, 1.82) is 0 Å².